The van der Waals surface area contributed by atoms with E-state index in [0.717, 1.165) is 17.8 Å². The van der Waals surface area contributed by atoms with Gasteiger partial charge < -0.3 is 10.4 Å². The van der Waals surface area contributed by atoms with Gasteiger partial charge in [0.25, 0.3) is 0 Å². The van der Waals surface area contributed by atoms with Crippen LogP contribution in [0.1, 0.15) is 11.1 Å². The lowest BCUT2D eigenvalue weighted by atomic mass is 10.1. The van der Waals surface area contributed by atoms with Crippen molar-refractivity contribution < 1.29 is 5.11 Å². The summed E-state index contributed by atoms with van der Waals surface area (Å²) in [6, 6.07) is 5.34. The highest BCUT2D eigenvalue weighted by atomic mass is 16.3. The summed E-state index contributed by atoms with van der Waals surface area (Å²) in [5.74, 6) is 0.300. The number of phenolic OH excluding ortho intramolecular Hbond substituents is 1. The molecule has 1 heterocycles. The van der Waals surface area contributed by atoms with Crippen LogP contribution in [0, 0.1) is 0 Å². The first-order chi connectivity index (χ1) is 5.27. The maximum Gasteiger partial charge on any atom is 0.116 e. The highest BCUT2D eigenvalue weighted by Crippen LogP contribution is 2.26. The molecular weight excluding hydrogens is 138 g/mol. The van der Waals surface area contributed by atoms with Crippen molar-refractivity contribution in [1.82, 2.24) is 5.32 Å². The minimum atomic E-state index is 0.300. The smallest absolute Gasteiger partial charge is 0.116 e. The zero-order valence-electron chi connectivity index (χ0n) is 6.09. The molecule has 1 aromatic carbocycles. The molecule has 0 radical (unpaired) electrons. The third-order valence-corrected chi connectivity index (χ3v) is 1.91. The molecule has 0 saturated carbocycles. The van der Waals surface area contributed by atoms with Gasteiger partial charge in [0.2, 0.25) is 0 Å². The van der Waals surface area contributed by atoms with Crippen LogP contribution in [0.5, 0.6) is 5.75 Å². The van der Waals surface area contributed by atoms with E-state index in [1.165, 1.54) is 5.56 Å². The Kier molecular flexibility index (Phi) is 1.15. The van der Waals surface area contributed by atoms with E-state index in [4.69, 9.17) is 5.11 Å². The summed E-state index contributed by atoms with van der Waals surface area (Å²) in [6.45, 7) is 4.64. The van der Waals surface area contributed by atoms with E-state index < -0.39 is 0 Å². The average Bonchev–Trinajstić information content (AvgIpc) is 2.33. The predicted octanol–water partition coefficient (Wildman–Crippen LogP) is 1.47. The highest BCUT2D eigenvalue weighted by molar-refractivity contribution is 5.69. The van der Waals surface area contributed by atoms with Crippen molar-refractivity contribution in [1.29, 1.82) is 0 Å². The molecule has 0 bridgehead atoms. The lowest BCUT2D eigenvalue weighted by Gasteiger charge is -1.97. The Labute approximate surface area is 65.2 Å². The van der Waals surface area contributed by atoms with Crippen LogP contribution in [0.15, 0.2) is 24.8 Å². The van der Waals surface area contributed by atoms with Crippen LogP contribution in [-0.4, -0.2) is 5.11 Å². The predicted molar refractivity (Wildman–Crippen MR) is 44.0 cm³/mol. The molecule has 2 rings (SSSR count). The van der Waals surface area contributed by atoms with Crippen LogP contribution in [0.4, 0.5) is 0 Å². The Balaban J connectivity index is 2.60. The van der Waals surface area contributed by atoms with Gasteiger partial charge in [-0.05, 0) is 17.7 Å². The fourth-order valence-corrected chi connectivity index (χ4v) is 1.30. The van der Waals surface area contributed by atoms with Crippen LogP contribution >= 0.6 is 0 Å². The van der Waals surface area contributed by atoms with E-state index in [1.54, 1.807) is 12.1 Å². The van der Waals surface area contributed by atoms with Crippen molar-refractivity contribution >= 4 is 5.70 Å². The molecule has 0 unspecified atom stereocenters. The van der Waals surface area contributed by atoms with Gasteiger partial charge in [0, 0.05) is 17.8 Å². The summed E-state index contributed by atoms with van der Waals surface area (Å²) in [5.41, 5.74) is 3.13. The molecule has 56 valence electrons. The van der Waals surface area contributed by atoms with Crippen molar-refractivity contribution in [3.63, 3.8) is 0 Å². The number of aromatic hydroxyl groups is 1. The molecule has 2 heteroatoms. The van der Waals surface area contributed by atoms with Crippen molar-refractivity contribution in [2.24, 2.45) is 0 Å². The summed E-state index contributed by atoms with van der Waals surface area (Å²) in [5, 5.41) is 12.3. The topological polar surface area (TPSA) is 32.3 Å². The van der Waals surface area contributed by atoms with Crippen molar-refractivity contribution in [2.75, 3.05) is 0 Å². The number of nitrogens with one attached hydrogen (secondary N) is 1. The zero-order chi connectivity index (χ0) is 7.84. The highest BCUT2D eigenvalue weighted by Gasteiger charge is 2.12. The molecule has 1 aliphatic rings. The van der Waals surface area contributed by atoms with Gasteiger partial charge in [-0.2, -0.15) is 0 Å². The average molecular weight is 147 g/mol. The third kappa shape index (κ3) is 0.871. The Hall–Kier alpha value is -1.44. The molecule has 0 fully saturated rings. The standard InChI is InChI=1S/C9H9NO/c1-6-9-4-8(11)3-2-7(9)5-10-6/h2-4,10-11H,1,5H2. The molecule has 0 amide bonds. The number of hydrogen-bond acceptors (Lipinski definition) is 2. The third-order valence-electron chi connectivity index (χ3n) is 1.91. The molecule has 11 heavy (non-hydrogen) atoms. The minimum Gasteiger partial charge on any atom is -0.508 e. The fraction of sp³-hybridized carbons (Fsp3) is 0.111. The first-order valence-electron chi connectivity index (χ1n) is 3.52. The van der Waals surface area contributed by atoms with E-state index in [0.29, 0.717) is 5.75 Å². The van der Waals surface area contributed by atoms with Gasteiger partial charge in [-0.1, -0.05) is 12.6 Å². The molecule has 0 saturated heterocycles. The monoisotopic (exact) mass is 147 g/mol. The molecule has 0 atom stereocenters. The van der Waals surface area contributed by atoms with Gasteiger partial charge in [-0.3, -0.25) is 0 Å². The Morgan fingerprint density at radius 1 is 1.45 bits per heavy atom. The van der Waals surface area contributed by atoms with E-state index in [-0.39, 0.29) is 0 Å². The van der Waals surface area contributed by atoms with Crippen LogP contribution in [0.25, 0.3) is 5.70 Å². The Bertz CT molecular complexity index is 317. The molecular formula is C9H9NO. The van der Waals surface area contributed by atoms with E-state index in [1.807, 2.05) is 6.07 Å². The number of fused-ring (bicyclic) bond motifs is 1. The number of phenols is 1. The summed E-state index contributed by atoms with van der Waals surface area (Å²) in [7, 11) is 0. The lowest BCUT2D eigenvalue weighted by molar-refractivity contribution is 0.475. The number of benzene rings is 1. The van der Waals surface area contributed by atoms with Crippen LogP contribution < -0.4 is 5.32 Å². The second-order valence-corrected chi connectivity index (χ2v) is 2.67. The molecule has 0 aliphatic carbocycles. The number of rotatable bonds is 0. The maximum absolute atomic E-state index is 9.15. The van der Waals surface area contributed by atoms with Crippen molar-refractivity contribution in [3.8, 4) is 5.75 Å². The summed E-state index contributed by atoms with van der Waals surface area (Å²) in [6.07, 6.45) is 0. The minimum absolute atomic E-state index is 0.300. The van der Waals surface area contributed by atoms with E-state index in [2.05, 4.69) is 11.9 Å². The number of hydrogen-bond donors (Lipinski definition) is 2. The second-order valence-electron chi connectivity index (χ2n) is 2.67. The Morgan fingerprint density at radius 3 is 3.09 bits per heavy atom. The molecule has 1 aromatic rings. The van der Waals surface area contributed by atoms with Gasteiger partial charge in [0.15, 0.2) is 0 Å². The van der Waals surface area contributed by atoms with Gasteiger partial charge in [-0.15, -0.1) is 0 Å². The van der Waals surface area contributed by atoms with Crippen LogP contribution in [-0.2, 0) is 6.54 Å². The lowest BCUT2D eigenvalue weighted by Crippen LogP contribution is -1.98. The molecule has 2 N–H and O–H groups in total. The van der Waals surface area contributed by atoms with Crippen LogP contribution in [0.3, 0.4) is 0 Å². The van der Waals surface area contributed by atoms with Crippen LogP contribution in [0.2, 0.25) is 0 Å². The summed E-state index contributed by atoms with van der Waals surface area (Å²) < 4.78 is 0. The molecule has 0 aromatic heterocycles. The van der Waals surface area contributed by atoms with E-state index in [9.17, 15) is 0 Å². The first kappa shape index (κ1) is 6.28. The van der Waals surface area contributed by atoms with Crippen molar-refractivity contribution in [2.45, 2.75) is 6.54 Å². The first-order valence-corrected chi connectivity index (χ1v) is 3.52. The second kappa shape index (κ2) is 2.02. The largest absolute Gasteiger partial charge is 0.508 e. The molecule has 0 spiro atoms. The van der Waals surface area contributed by atoms with E-state index >= 15 is 0 Å². The quantitative estimate of drug-likeness (QED) is 0.582. The zero-order valence-corrected chi connectivity index (χ0v) is 6.09. The van der Waals surface area contributed by atoms with Gasteiger partial charge in [0.05, 0.1) is 0 Å². The summed E-state index contributed by atoms with van der Waals surface area (Å²) in [4.78, 5) is 0. The summed E-state index contributed by atoms with van der Waals surface area (Å²) >= 11 is 0. The fourth-order valence-electron chi connectivity index (χ4n) is 1.30. The SMILES string of the molecule is C=C1NCc2ccc(O)cc21. The van der Waals surface area contributed by atoms with Gasteiger partial charge in [-0.25, -0.2) is 0 Å². The normalized spacial score (nSPS) is 14.4. The molecule has 2 nitrogen and oxygen atoms in total. The van der Waals surface area contributed by atoms with Gasteiger partial charge >= 0.3 is 0 Å². The Morgan fingerprint density at radius 2 is 2.27 bits per heavy atom. The van der Waals surface area contributed by atoms with Crippen molar-refractivity contribution in [3.05, 3.63) is 35.9 Å². The molecule has 1 aliphatic heterocycles. The van der Waals surface area contributed by atoms with Gasteiger partial charge in [0.1, 0.15) is 5.75 Å². The maximum atomic E-state index is 9.15.